The second kappa shape index (κ2) is 6.50. The Morgan fingerprint density at radius 1 is 1.29 bits per heavy atom. The summed E-state index contributed by atoms with van der Waals surface area (Å²) in [6.45, 7) is 2.30. The van der Waals surface area contributed by atoms with Crippen molar-refractivity contribution in [2.75, 3.05) is 25.6 Å². The van der Waals surface area contributed by atoms with Gasteiger partial charge in [-0.25, -0.2) is 0 Å². The molecule has 0 aliphatic carbocycles. The maximum atomic E-state index is 3.71. The lowest BCUT2D eigenvalue weighted by atomic mass is 9.92. The fraction of sp³-hybridized carbons (Fsp3) is 0.538. The maximum Gasteiger partial charge on any atom is 0.0348 e. The number of benzene rings is 1. The molecular formula is C13H18BrNS2. The Kier molecular flexibility index (Phi) is 5.27. The Morgan fingerprint density at radius 3 is 2.71 bits per heavy atom. The van der Waals surface area contributed by atoms with Gasteiger partial charge < -0.3 is 5.32 Å². The molecule has 0 spiro atoms. The number of thioether (sulfide) groups is 2. The van der Waals surface area contributed by atoms with E-state index in [9.17, 15) is 0 Å². The van der Waals surface area contributed by atoms with Crippen LogP contribution in [0.25, 0.3) is 0 Å². The van der Waals surface area contributed by atoms with Gasteiger partial charge in [-0.15, -0.1) is 23.5 Å². The van der Waals surface area contributed by atoms with Crippen molar-refractivity contribution in [3.8, 4) is 0 Å². The van der Waals surface area contributed by atoms with Crippen LogP contribution in [0.3, 0.4) is 0 Å². The molecule has 4 heteroatoms. The van der Waals surface area contributed by atoms with Crippen molar-refractivity contribution in [3.63, 3.8) is 0 Å². The van der Waals surface area contributed by atoms with Gasteiger partial charge in [0.05, 0.1) is 0 Å². The van der Waals surface area contributed by atoms with Crippen LogP contribution >= 0.6 is 39.5 Å². The molecule has 1 aromatic rings. The average molecular weight is 332 g/mol. The minimum atomic E-state index is 0.682. The maximum absolute atomic E-state index is 3.71. The van der Waals surface area contributed by atoms with Crippen molar-refractivity contribution in [2.45, 2.75) is 28.6 Å². The predicted molar refractivity (Wildman–Crippen MR) is 82.5 cm³/mol. The van der Waals surface area contributed by atoms with Gasteiger partial charge in [-0.2, -0.15) is 0 Å². The third kappa shape index (κ3) is 3.22. The molecular weight excluding hydrogens is 314 g/mol. The smallest absolute Gasteiger partial charge is 0.0348 e. The van der Waals surface area contributed by atoms with E-state index in [1.54, 1.807) is 0 Å². The molecule has 0 amide bonds. The predicted octanol–water partition coefficient (Wildman–Crippen LogP) is 4.36. The molecule has 1 aliphatic heterocycles. The molecule has 1 aliphatic rings. The van der Waals surface area contributed by atoms with E-state index in [-0.39, 0.29) is 0 Å². The minimum Gasteiger partial charge on any atom is -0.316 e. The summed E-state index contributed by atoms with van der Waals surface area (Å²) in [5.41, 5.74) is 1.48. The molecule has 1 saturated heterocycles. The number of halogens is 1. The molecule has 1 fully saturated rings. The molecule has 1 N–H and O–H groups in total. The minimum absolute atomic E-state index is 0.682. The first-order valence-electron chi connectivity index (χ1n) is 5.88. The van der Waals surface area contributed by atoms with E-state index >= 15 is 0 Å². The van der Waals surface area contributed by atoms with E-state index in [2.05, 4.69) is 45.9 Å². The van der Waals surface area contributed by atoms with Gasteiger partial charge in [0.25, 0.3) is 0 Å². The fourth-order valence-electron chi connectivity index (χ4n) is 2.31. The monoisotopic (exact) mass is 331 g/mol. The highest BCUT2D eigenvalue weighted by Crippen LogP contribution is 2.38. The van der Waals surface area contributed by atoms with Crippen LogP contribution < -0.4 is 5.32 Å². The zero-order chi connectivity index (χ0) is 12.3. The first kappa shape index (κ1) is 13.8. The highest BCUT2D eigenvalue weighted by molar-refractivity contribution is 9.10. The largest absolute Gasteiger partial charge is 0.316 e. The van der Waals surface area contributed by atoms with Gasteiger partial charge in [0.1, 0.15) is 0 Å². The Hall–Kier alpha value is 0.360. The van der Waals surface area contributed by atoms with Gasteiger partial charge in [0.15, 0.2) is 0 Å². The van der Waals surface area contributed by atoms with Crippen LogP contribution in [0.15, 0.2) is 26.4 Å². The summed E-state index contributed by atoms with van der Waals surface area (Å²) in [6, 6.07) is 4.68. The first-order valence-corrected chi connectivity index (χ1v) is 9.12. The number of piperidine rings is 1. The number of hydrogen-bond donors (Lipinski definition) is 1. The van der Waals surface area contributed by atoms with E-state index in [4.69, 9.17) is 0 Å². The van der Waals surface area contributed by atoms with Gasteiger partial charge in [-0.1, -0.05) is 0 Å². The second-order valence-corrected chi connectivity index (χ2v) is 6.80. The molecule has 1 heterocycles. The summed E-state index contributed by atoms with van der Waals surface area (Å²) in [7, 11) is 0. The summed E-state index contributed by atoms with van der Waals surface area (Å²) >= 11 is 7.37. The van der Waals surface area contributed by atoms with E-state index < -0.39 is 0 Å². The van der Waals surface area contributed by atoms with Crippen LogP contribution in [0.2, 0.25) is 0 Å². The molecule has 0 saturated carbocycles. The normalized spacial score (nSPS) is 20.5. The lowest BCUT2D eigenvalue weighted by Crippen LogP contribution is -2.28. The lowest BCUT2D eigenvalue weighted by molar-refractivity contribution is 0.461. The molecule has 0 bridgehead atoms. The average Bonchev–Trinajstić information content (AvgIpc) is 2.38. The molecule has 2 rings (SSSR count). The van der Waals surface area contributed by atoms with Crippen LogP contribution in [0.5, 0.6) is 0 Å². The van der Waals surface area contributed by atoms with Crippen LogP contribution in [-0.4, -0.2) is 25.6 Å². The Balaban J connectivity index is 2.31. The highest BCUT2D eigenvalue weighted by Gasteiger charge is 2.17. The molecule has 0 radical (unpaired) electrons. The van der Waals surface area contributed by atoms with Crippen molar-refractivity contribution >= 4 is 39.5 Å². The van der Waals surface area contributed by atoms with Crippen molar-refractivity contribution < 1.29 is 0 Å². The summed E-state index contributed by atoms with van der Waals surface area (Å²) < 4.78 is 1.25. The zero-order valence-electron chi connectivity index (χ0n) is 10.3. The SMILES string of the molecule is CSc1cc(C2CCCNC2)cc(Br)c1SC. The van der Waals surface area contributed by atoms with Gasteiger partial charge in [0, 0.05) is 20.8 Å². The molecule has 17 heavy (non-hydrogen) atoms. The van der Waals surface area contributed by atoms with Gasteiger partial charge in [-0.05, 0) is 71.4 Å². The van der Waals surface area contributed by atoms with Crippen LogP contribution in [0.4, 0.5) is 0 Å². The Labute approximate surface area is 121 Å². The van der Waals surface area contributed by atoms with Crippen molar-refractivity contribution in [2.24, 2.45) is 0 Å². The van der Waals surface area contributed by atoms with Gasteiger partial charge in [0.2, 0.25) is 0 Å². The highest BCUT2D eigenvalue weighted by atomic mass is 79.9. The third-order valence-corrected chi connectivity index (χ3v) is 5.85. The topological polar surface area (TPSA) is 12.0 Å². The Morgan fingerprint density at radius 2 is 2.12 bits per heavy atom. The summed E-state index contributed by atoms with van der Waals surface area (Å²) in [4.78, 5) is 2.76. The molecule has 0 aromatic heterocycles. The number of hydrogen-bond acceptors (Lipinski definition) is 3. The van der Waals surface area contributed by atoms with Gasteiger partial charge in [-0.3, -0.25) is 0 Å². The molecule has 1 aromatic carbocycles. The number of nitrogens with one attached hydrogen (secondary N) is 1. The first-order chi connectivity index (χ1) is 8.26. The fourth-order valence-corrected chi connectivity index (χ4v) is 4.97. The van der Waals surface area contributed by atoms with Crippen LogP contribution in [0, 0.1) is 0 Å². The molecule has 1 unspecified atom stereocenters. The van der Waals surface area contributed by atoms with Crippen LogP contribution in [-0.2, 0) is 0 Å². The Bertz CT molecular complexity index is 389. The van der Waals surface area contributed by atoms with E-state index in [0.29, 0.717) is 5.92 Å². The van der Waals surface area contributed by atoms with Crippen molar-refractivity contribution in [1.82, 2.24) is 5.32 Å². The number of rotatable bonds is 3. The van der Waals surface area contributed by atoms with Crippen molar-refractivity contribution in [3.05, 3.63) is 22.2 Å². The third-order valence-electron chi connectivity index (χ3n) is 3.22. The van der Waals surface area contributed by atoms with Crippen molar-refractivity contribution in [1.29, 1.82) is 0 Å². The molecule has 94 valence electrons. The second-order valence-electron chi connectivity index (χ2n) is 4.28. The standard InChI is InChI=1S/C13H18BrNS2/c1-16-12-7-10(6-11(14)13(12)17-2)9-4-3-5-15-8-9/h6-7,9,15H,3-5,8H2,1-2H3. The summed E-state index contributed by atoms with van der Waals surface area (Å²) in [6.07, 6.45) is 6.90. The molecule has 1 atom stereocenters. The lowest BCUT2D eigenvalue weighted by Gasteiger charge is -2.24. The summed E-state index contributed by atoms with van der Waals surface area (Å²) in [5, 5.41) is 3.49. The summed E-state index contributed by atoms with van der Waals surface area (Å²) in [5.74, 6) is 0.682. The zero-order valence-corrected chi connectivity index (χ0v) is 13.5. The van der Waals surface area contributed by atoms with E-state index in [1.807, 2.05) is 23.5 Å². The van der Waals surface area contributed by atoms with E-state index in [0.717, 1.165) is 6.54 Å². The molecule has 1 nitrogen and oxygen atoms in total. The van der Waals surface area contributed by atoms with Gasteiger partial charge >= 0.3 is 0 Å². The quantitative estimate of drug-likeness (QED) is 0.826. The van der Waals surface area contributed by atoms with E-state index in [1.165, 1.54) is 39.2 Å². The van der Waals surface area contributed by atoms with Crippen LogP contribution in [0.1, 0.15) is 24.3 Å².